The normalized spacial score (nSPS) is 10.9. The van der Waals surface area contributed by atoms with Crippen LogP contribution in [-0.4, -0.2) is 17.7 Å². The van der Waals surface area contributed by atoms with Crippen molar-refractivity contribution < 1.29 is 19.1 Å². The van der Waals surface area contributed by atoms with Crippen LogP contribution in [0.25, 0.3) is 11.0 Å². The van der Waals surface area contributed by atoms with Gasteiger partial charge in [0.25, 0.3) is 0 Å². The fraction of sp³-hybridized carbons (Fsp3) is 0.444. The van der Waals surface area contributed by atoms with Crippen LogP contribution in [0, 0.1) is 6.92 Å². The van der Waals surface area contributed by atoms with Crippen LogP contribution in [0.2, 0.25) is 0 Å². The van der Waals surface area contributed by atoms with Gasteiger partial charge in [0.1, 0.15) is 11.3 Å². The third-order valence-corrected chi connectivity index (χ3v) is 3.84. The highest BCUT2D eigenvalue weighted by Gasteiger charge is 2.16. The number of hydrogen-bond donors (Lipinski definition) is 1. The van der Waals surface area contributed by atoms with Gasteiger partial charge in [-0.3, -0.25) is 4.79 Å². The zero-order valence-corrected chi connectivity index (χ0v) is 13.8. The summed E-state index contributed by atoms with van der Waals surface area (Å²) < 4.78 is 10.2. The zero-order valence-electron chi connectivity index (χ0n) is 13.8. The first kappa shape index (κ1) is 17.1. The van der Waals surface area contributed by atoms with E-state index in [4.69, 9.17) is 9.15 Å². The molecule has 1 aromatic heterocycles. The van der Waals surface area contributed by atoms with E-state index in [1.54, 1.807) is 26.0 Å². The quantitative estimate of drug-likeness (QED) is 0.653. The first-order valence-electron chi connectivity index (χ1n) is 7.91. The molecule has 0 bridgehead atoms. The molecule has 2 aromatic rings. The van der Waals surface area contributed by atoms with Crippen molar-refractivity contribution in [1.29, 1.82) is 0 Å². The minimum atomic E-state index is -0.465. The van der Waals surface area contributed by atoms with Gasteiger partial charge in [-0.05, 0) is 49.9 Å². The van der Waals surface area contributed by atoms with Crippen molar-refractivity contribution in [2.24, 2.45) is 0 Å². The van der Waals surface area contributed by atoms with E-state index in [9.17, 15) is 14.7 Å². The lowest BCUT2D eigenvalue weighted by Gasteiger charge is -2.10. The van der Waals surface area contributed by atoms with Crippen LogP contribution in [0.15, 0.2) is 21.3 Å². The van der Waals surface area contributed by atoms with Gasteiger partial charge >= 0.3 is 11.6 Å². The molecular formula is C18H22O5. The lowest BCUT2D eigenvalue weighted by Crippen LogP contribution is -2.14. The molecule has 0 aliphatic heterocycles. The van der Waals surface area contributed by atoms with E-state index in [0.717, 1.165) is 18.4 Å². The van der Waals surface area contributed by atoms with Crippen LogP contribution in [0.1, 0.15) is 43.4 Å². The number of benzene rings is 1. The van der Waals surface area contributed by atoms with Gasteiger partial charge in [-0.1, -0.05) is 13.3 Å². The number of aryl methyl sites for hydroxylation is 2. The molecule has 2 rings (SSSR count). The fourth-order valence-corrected chi connectivity index (χ4v) is 2.76. The van der Waals surface area contributed by atoms with Crippen molar-refractivity contribution in [3.8, 4) is 5.75 Å². The lowest BCUT2D eigenvalue weighted by atomic mass is 9.99. The molecule has 0 unspecified atom stereocenters. The van der Waals surface area contributed by atoms with E-state index >= 15 is 0 Å². The van der Waals surface area contributed by atoms with E-state index < -0.39 is 5.63 Å². The minimum Gasteiger partial charge on any atom is -0.507 e. The van der Waals surface area contributed by atoms with Crippen LogP contribution in [0.3, 0.4) is 0 Å². The Morgan fingerprint density at radius 1 is 1.26 bits per heavy atom. The third kappa shape index (κ3) is 3.73. The molecule has 1 heterocycles. The first-order valence-corrected chi connectivity index (χ1v) is 7.91. The van der Waals surface area contributed by atoms with E-state index in [2.05, 4.69) is 0 Å². The van der Waals surface area contributed by atoms with Crippen LogP contribution in [0.4, 0.5) is 0 Å². The topological polar surface area (TPSA) is 76.7 Å². The summed E-state index contributed by atoms with van der Waals surface area (Å²) in [7, 11) is 0. The van der Waals surface area contributed by atoms with Crippen molar-refractivity contribution in [2.75, 3.05) is 6.61 Å². The van der Waals surface area contributed by atoms with Crippen molar-refractivity contribution in [3.63, 3.8) is 0 Å². The number of hydrogen-bond acceptors (Lipinski definition) is 5. The Morgan fingerprint density at radius 2 is 2.00 bits per heavy atom. The Balaban J connectivity index is 2.44. The second kappa shape index (κ2) is 7.31. The molecule has 0 atom stereocenters. The molecule has 0 aliphatic rings. The Hall–Kier alpha value is -2.30. The predicted molar refractivity (Wildman–Crippen MR) is 87.8 cm³/mol. The standard InChI is InChI=1S/C18H22O5/c1-4-6-12-9-14(19)17-11(3)13(7-8-16(20)22-5-2)18(21)23-15(17)10-12/h9-10,19H,4-8H2,1-3H3. The van der Waals surface area contributed by atoms with Crippen LogP contribution in [0.5, 0.6) is 5.75 Å². The van der Waals surface area contributed by atoms with E-state index in [1.165, 1.54) is 0 Å². The van der Waals surface area contributed by atoms with Gasteiger partial charge in [-0.25, -0.2) is 4.79 Å². The number of carbonyl (C=O) groups is 1. The maximum absolute atomic E-state index is 12.2. The number of phenols is 1. The highest BCUT2D eigenvalue weighted by molar-refractivity contribution is 5.88. The largest absolute Gasteiger partial charge is 0.507 e. The Labute approximate surface area is 134 Å². The third-order valence-electron chi connectivity index (χ3n) is 3.84. The molecule has 0 saturated heterocycles. The smallest absolute Gasteiger partial charge is 0.339 e. The predicted octanol–water partition coefficient (Wildman–Crippen LogP) is 3.26. The van der Waals surface area contributed by atoms with Gasteiger partial charge in [0.15, 0.2) is 0 Å². The van der Waals surface area contributed by atoms with Crippen molar-refractivity contribution >= 4 is 16.9 Å². The average molecular weight is 318 g/mol. The first-order chi connectivity index (χ1) is 11.0. The maximum atomic E-state index is 12.2. The molecule has 5 nitrogen and oxygen atoms in total. The number of esters is 1. The second-order valence-corrected chi connectivity index (χ2v) is 5.54. The summed E-state index contributed by atoms with van der Waals surface area (Å²) in [6, 6.07) is 3.50. The van der Waals surface area contributed by atoms with Gasteiger partial charge in [-0.2, -0.15) is 0 Å². The van der Waals surface area contributed by atoms with Crippen LogP contribution in [-0.2, 0) is 22.4 Å². The van der Waals surface area contributed by atoms with Crippen molar-refractivity contribution in [2.45, 2.75) is 46.5 Å². The maximum Gasteiger partial charge on any atom is 0.339 e. The minimum absolute atomic E-state index is 0.101. The molecule has 0 aliphatic carbocycles. The number of aromatic hydroxyl groups is 1. The molecule has 0 amide bonds. The molecule has 1 aromatic carbocycles. The van der Waals surface area contributed by atoms with Crippen molar-refractivity contribution in [1.82, 2.24) is 0 Å². The fourth-order valence-electron chi connectivity index (χ4n) is 2.76. The summed E-state index contributed by atoms with van der Waals surface area (Å²) in [5.74, 6) is -0.251. The number of phenolic OH excluding ortho intramolecular Hbond substituents is 1. The summed E-state index contributed by atoms with van der Waals surface area (Å²) in [5.41, 5.74) is 1.91. The SMILES string of the molecule is CCCc1cc(O)c2c(C)c(CCC(=O)OCC)c(=O)oc2c1. The number of carbonyl (C=O) groups excluding carboxylic acids is 1. The summed E-state index contributed by atoms with van der Waals surface area (Å²) >= 11 is 0. The Morgan fingerprint density at radius 3 is 2.65 bits per heavy atom. The van der Waals surface area contributed by atoms with E-state index in [1.807, 2.05) is 6.92 Å². The molecule has 0 spiro atoms. The summed E-state index contributed by atoms with van der Waals surface area (Å²) in [6.45, 7) is 5.85. The number of fused-ring (bicyclic) bond motifs is 1. The summed E-state index contributed by atoms with van der Waals surface area (Å²) in [6.07, 6.45) is 2.08. The Bertz CT molecular complexity index is 773. The zero-order chi connectivity index (χ0) is 17.0. The molecule has 23 heavy (non-hydrogen) atoms. The Kier molecular flexibility index (Phi) is 5.42. The molecule has 1 N–H and O–H groups in total. The highest BCUT2D eigenvalue weighted by Crippen LogP contribution is 2.30. The van der Waals surface area contributed by atoms with Crippen LogP contribution >= 0.6 is 0 Å². The summed E-state index contributed by atoms with van der Waals surface area (Å²) in [4.78, 5) is 23.7. The second-order valence-electron chi connectivity index (χ2n) is 5.54. The lowest BCUT2D eigenvalue weighted by molar-refractivity contribution is -0.143. The van der Waals surface area contributed by atoms with Crippen LogP contribution < -0.4 is 5.63 Å². The van der Waals surface area contributed by atoms with Gasteiger partial charge in [0.05, 0.1) is 12.0 Å². The molecule has 0 fully saturated rings. The monoisotopic (exact) mass is 318 g/mol. The molecule has 5 heteroatoms. The van der Waals surface area contributed by atoms with E-state index in [0.29, 0.717) is 28.7 Å². The molecular weight excluding hydrogens is 296 g/mol. The molecule has 0 saturated carbocycles. The van der Waals surface area contributed by atoms with Crippen molar-refractivity contribution in [3.05, 3.63) is 39.2 Å². The van der Waals surface area contributed by atoms with E-state index in [-0.39, 0.29) is 24.6 Å². The highest BCUT2D eigenvalue weighted by atomic mass is 16.5. The van der Waals surface area contributed by atoms with Gasteiger partial charge in [-0.15, -0.1) is 0 Å². The average Bonchev–Trinajstić information content (AvgIpc) is 2.46. The molecule has 0 radical (unpaired) electrons. The number of rotatable bonds is 6. The van der Waals surface area contributed by atoms with Gasteiger partial charge in [0.2, 0.25) is 0 Å². The number of ether oxygens (including phenoxy) is 1. The molecule has 124 valence electrons. The van der Waals surface area contributed by atoms with Gasteiger partial charge < -0.3 is 14.3 Å². The van der Waals surface area contributed by atoms with Gasteiger partial charge in [0, 0.05) is 12.0 Å². The summed E-state index contributed by atoms with van der Waals surface area (Å²) in [5, 5.41) is 10.8.